The van der Waals surface area contributed by atoms with E-state index in [9.17, 15) is 46.7 Å². The predicted octanol–water partition coefficient (Wildman–Crippen LogP) is 8.38. The van der Waals surface area contributed by atoms with Crippen LogP contribution >= 0.6 is 0 Å². The van der Waals surface area contributed by atoms with Gasteiger partial charge in [-0.05, 0) is 133 Å². The minimum Gasteiger partial charge on any atom is -0.482 e. The second kappa shape index (κ2) is 41.4. The second-order valence-electron chi connectivity index (χ2n) is 22.0. The van der Waals surface area contributed by atoms with Gasteiger partial charge in [0.1, 0.15) is 40.1 Å². The van der Waals surface area contributed by atoms with E-state index in [1.165, 1.54) is 42.5 Å². The second-order valence-corrected chi connectivity index (χ2v) is 22.0. The van der Waals surface area contributed by atoms with E-state index < -0.39 is 74.6 Å². The Kier molecular flexibility index (Phi) is 31.7. The highest BCUT2D eigenvalue weighted by Gasteiger charge is 2.29. The topological polar surface area (TPSA) is 291 Å². The number of benzene rings is 3. The zero-order chi connectivity index (χ0) is 74.8. The summed E-state index contributed by atoms with van der Waals surface area (Å²) in [4.78, 5) is 114. The molecule has 1 aliphatic rings. The molecule has 0 unspecified atom stereocenters. The van der Waals surface area contributed by atoms with E-state index in [1.807, 2.05) is 0 Å². The zero-order valence-electron chi connectivity index (χ0n) is 58.5. The molecule has 6 aromatic rings. The van der Waals surface area contributed by atoms with Crippen LogP contribution in [0, 0.1) is 35.5 Å². The Balaban J connectivity index is 1.27. The van der Waals surface area contributed by atoms with Gasteiger partial charge < -0.3 is 56.8 Å². The molecule has 0 radical (unpaired) electrons. The van der Waals surface area contributed by atoms with Crippen LogP contribution in [0.25, 0.3) is 0 Å². The summed E-state index contributed by atoms with van der Waals surface area (Å²) in [7, 11) is 0. The van der Waals surface area contributed by atoms with Crippen molar-refractivity contribution in [2.24, 2.45) is 4.99 Å². The zero-order valence-corrected chi connectivity index (χ0v) is 58.5. The molecule has 1 fully saturated rings. The van der Waals surface area contributed by atoms with Gasteiger partial charge in [-0.25, -0.2) is 53.5 Å². The van der Waals surface area contributed by atoms with Gasteiger partial charge in [0.2, 0.25) is 0 Å². The van der Waals surface area contributed by atoms with E-state index in [-0.39, 0.29) is 112 Å². The molecule has 104 heavy (non-hydrogen) atoms. The molecule has 26 nitrogen and oxygen atoms in total. The molecule has 3 aromatic heterocycles. The number of hydrogen-bond acceptors (Lipinski definition) is 26. The molecular weight excluding hydrogens is 1360 g/mol. The summed E-state index contributed by atoms with van der Waals surface area (Å²) in [5, 5.41) is 0. The number of nitrogens with zero attached hydrogens (tertiary/aromatic N) is 7. The van der Waals surface area contributed by atoms with E-state index in [2.05, 4.69) is 60.0 Å². The van der Waals surface area contributed by atoms with E-state index in [1.54, 1.807) is 103 Å². The number of alkyl halides is 3. The van der Waals surface area contributed by atoms with Crippen LogP contribution in [-0.2, 0) is 76.7 Å². The van der Waals surface area contributed by atoms with Gasteiger partial charge in [0.15, 0.2) is 32.8 Å². The fourth-order valence-electron chi connectivity index (χ4n) is 9.70. The predicted molar refractivity (Wildman–Crippen MR) is 367 cm³/mol. The molecule has 7 rings (SSSR count). The van der Waals surface area contributed by atoms with E-state index >= 15 is 0 Å². The van der Waals surface area contributed by atoms with Gasteiger partial charge in [-0.2, -0.15) is 0 Å². The van der Waals surface area contributed by atoms with Gasteiger partial charge in [-0.3, -0.25) is 14.7 Å². The Bertz CT molecular complexity index is 4020. The van der Waals surface area contributed by atoms with Crippen LogP contribution in [-0.4, -0.2) is 196 Å². The number of hydrogen-bond donors (Lipinski definition) is 0. The number of ether oxygens (including phenoxy) is 12. The highest BCUT2D eigenvalue weighted by molar-refractivity contribution is 5.89. The molecule has 0 aliphatic carbocycles. The largest absolute Gasteiger partial charge is 0.573 e. The molecule has 29 heteroatoms. The van der Waals surface area contributed by atoms with Crippen molar-refractivity contribution in [3.05, 3.63) is 165 Å². The maximum Gasteiger partial charge on any atom is 0.573 e. The van der Waals surface area contributed by atoms with Crippen molar-refractivity contribution in [1.82, 2.24) is 29.7 Å². The SMILES string of the molecule is CCOC(=O)COc1ccc(C#Cc2cc(CN3CCN(Cc4cc(C#Cc5ccc(N=COC(F)(F)F)cc5)cc(C(=O)OCC)n4)CCN(Cc4cc(C#Cc5ccc(OCC(=O)OCC)cc5OCC(=O)OCC)cc(C(=O)OCC)n4)CC3)nc(C(=O)OCC)c2)c(OCC(=O)OCC)c1. The molecule has 0 saturated carbocycles. The van der Waals surface area contributed by atoms with Crippen molar-refractivity contribution in [2.45, 2.75) is 74.5 Å². The number of aliphatic imine (C=N–C) groups is 1. The maximum absolute atomic E-state index is 13.6. The van der Waals surface area contributed by atoms with Crippen LogP contribution in [0.3, 0.4) is 0 Å². The lowest BCUT2D eigenvalue weighted by atomic mass is 10.1. The standard InChI is InChI=1S/C75H78F3N7O19/c1-8-93-68(86)46-100-61-27-23-55(66(41-61)102-48-70(88)95-10-3)21-17-53-36-59(81-64(39-53)73(91)98-13-6)44-84-31-29-83(43-58-35-52(38-63(80-58)72(90)97-12-5)16-15-51-19-25-57(26-20-51)79-50-104-75(76,77)78)30-32-85(34-33-84)45-60-37-54(40-65(82-60)74(92)99-14-7)18-22-56-24-28-62(101-47-69(87)94-9-2)42-67(56)103-49-71(89)96-11-4/h19-20,23-28,35-42,50H,8-14,29-34,43-49H2,1-7H3. The van der Waals surface area contributed by atoms with Gasteiger partial charge in [-0.1, -0.05) is 35.5 Å². The first kappa shape index (κ1) is 79.7. The number of carbonyl (C=O) groups excluding carboxylic acids is 7. The number of esters is 7. The maximum atomic E-state index is 13.6. The van der Waals surface area contributed by atoms with Crippen molar-refractivity contribution in [2.75, 3.05) is 112 Å². The Hall–Kier alpha value is -11.6. The molecule has 0 atom stereocenters. The minimum absolute atomic E-state index is 0.0107. The van der Waals surface area contributed by atoms with Gasteiger partial charge in [0.25, 0.3) is 0 Å². The van der Waals surface area contributed by atoms with Gasteiger partial charge in [0.05, 0.1) is 80.1 Å². The highest BCUT2D eigenvalue weighted by Crippen LogP contribution is 2.28. The minimum atomic E-state index is -4.90. The lowest BCUT2D eigenvalue weighted by molar-refractivity contribution is -0.280. The third kappa shape index (κ3) is 27.4. The Morgan fingerprint density at radius 1 is 0.404 bits per heavy atom. The first-order valence-electron chi connectivity index (χ1n) is 33.2. The van der Waals surface area contributed by atoms with Crippen LogP contribution < -0.4 is 18.9 Å². The monoisotopic (exact) mass is 1440 g/mol. The fourth-order valence-corrected chi connectivity index (χ4v) is 9.70. The molecule has 0 spiro atoms. The third-order valence-corrected chi connectivity index (χ3v) is 14.3. The Morgan fingerprint density at radius 3 is 1.05 bits per heavy atom. The summed E-state index contributed by atoms with van der Waals surface area (Å²) in [6, 6.07) is 24.9. The van der Waals surface area contributed by atoms with E-state index in [0.29, 0.717) is 96.1 Å². The molecule has 1 aliphatic heterocycles. The summed E-state index contributed by atoms with van der Waals surface area (Å²) in [6.07, 6.45) is -4.61. The average Bonchev–Trinajstić information content (AvgIpc) is 0.859. The van der Waals surface area contributed by atoms with Gasteiger partial charge in [-0.15, -0.1) is 13.2 Å². The van der Waals surface area contributed by atoms with Gasteiger partial charge >= 0.3 is 48.1 Å². The highest BCUT2D eigenvalue weighted by atomic mass is 19.4. The summed E-state index contributed by atoms with van der Waals surface area (Å²) >= 11 is 0. The normalized spacial score (nSPS) is 12.5. The molecule has 548 valence electrons. The van der Waals surface area contributed by atoms with Crippen LogP contribution in [0.5, 0.6) is 23.0 Å². The molecule has 4 heterocycles. The summed E-state index contributed by atoms with van der Waals surface area (Å²) < 4.78 is 101. The van der Waals surface area contributed by atoms with E-state index in [0.717, 1.165) is 0 Å². The molecule has 3 aromatic carbocycles. The first-order chi connectivity index (χ1) is 50.1. The van der Waals surface area contributed by atoms with Gasteiger partial charge in [0, 0.05) is 93.3 Å². The van der Waals surface area contributed by atoms with Crippen molar-refractivity contribution >= 4 is 53.9 Å². The fraction of sp³-hybridized carbons (Fsp3) is 0.373. The first-order valence-corrected chi connectivity index (χ1v) is 33.2. The summed E-state index contributed by atoms with van der Waals surface area (Å²) in [6.45, 7) is 13.5. The van der Waals surface area contributed by atoms with Crippen molar-refractivity contribution in [3.63, 3.8) is 0 Å². The Morgan fingerprint density at radius 2 is 0.721 bits per heavy atom. The third-order valence-electron chi connectivity index (χ3n) is 14.3. The van der Waals surface area contributed by atoms with Crippen LogP contribution in [0.1, 0.15) is 130 Å². The lowest BCUT2D eigenvalue weighted by Crippen LogP contribution is -2.36. The van der Waals surface area contributed by atoms with Crippen LogP contribution in [0.15, 0.2) is 102 Å². The number of pyridine rings is 3. The lowest BCUT2D eigenvalue weighted by Gasteiger charge is -2.25. The van der Waals surface area contributed by atoms with Crippen molar-refractivity contribution < 1.29 is 104 Å². The number of rotatable bonds is 30. The van der Waals surface area contributed by atoms with Crippen LogP contribution in [0.4, 0.5) is 18.9 Å². The average molecular weight is 1440 g/mol. The molecule has 0 bridgehead atoms. The van der Waals surface area contributed by atoms with Crippen molar-refractivity contribution in [3.8, 4) is 58.5 Å². The molecule has 0 amide bonds. The van der Waals surface area contributed by atoms with Crippen LogP contribution in [0.2, 0.25) is 0 Å². The summed E-state index contributed by atoms with van der Waals surface area (Å²) in [5.41, 5.74) is 3.67. The number of halogens is 3. The smallest absolute Gasteiger partial charge is 0.482 e. The number of carbonyl (C=O) groups is 7. The number of aromatic nitrogens is 3. The van der Waals surface area contributed by atoms with E-state index in [4.69, 9.17) is 67.1 Å². The Labute approximate surface area is 599 Å². The molecule has 0 N–H and O–H groups in total. The molecule has 1 saturated heterocycles. The quantitative estimate of drug-likeness (QED) is 0.0134. The molecular formula is C75H78F3N7O19. The summed E-state index contributed by atoms with van der Waals surface area (Å²) in [5.74, 6) is 14.7. The van der Waals surface area contributed by atoms with Crippen molar-refractivity contribution in [1.29, 1.82) is 0 Å².